The molecule has 0 bridgehead atoms. The first-order valence-corrected chi connectivity index (χ1v) is 5.93. The van der Waals surface area contributed by atoms with Gasteiger partial charge in [-0.25, -0.2) is 9.37 Å². The van der Waals surface area contributed by atoms with Gasteiger partial charge in [0.25, 0.3) is 0 Å². The fraction of sp³-hybridized carbons (Fsp3) is 0.0833. The molecule has 0 saturated heterocycles. The maximum atomic E-state index is 13.0. The second kappa shape index (κ2) is 3.94. The van der Waals surface area contributed by atoms with E-state index in [4.69, 9.17) is 10.2 Å². The quantitative estimate of drug-likeness (QED) is 0.758. The Bertz CT molecular complexity index is 674. The van der Waals surface area contributed by atoms with E-state index in [0.717, 1.165) is 9.71 Å². The lowest BCUT2D eigenvalue weighted by atomic mass is 10.3. The van der Waals surface area contributed by atoms with Gasteiger partial charge in [-0.1, -0.05) is 0 Å². The summed E-state index contributed by atoms with van der Waals surface area (Å²) < 4.78 is 19.5. The van der Waals surface area contributed by atoms with Gasteiger partial charge in [0.15, 0.2) is 10.8 Å². The number of nitrogens with zero attached hydrogens (tertiary/aromatic N) is 1. The van der Waals surface area contributed by atoms with Gasteiger partial charge in [0, 0.05) is 6.07 Å². The third kappa shape index (κ3) is 1.83. The molecule has 0 unspecified atom stereocenters. The molecule has 1 aromatic carbocycles. The number of thiazole rings is 1. The fourth-order valence-corrected chi connectivity index (χ4v) is 2.52. The summed E-state index contributed by atoms with van der Waals surface area (Å²) in [7, 11) is 0. The molecule has 0 saturated carbocycles. The lowest BCUT2D eigenvalue weighted by Gasteiger charge is -1.88. The highest BCUT2D eigenvalue weighted by atomic mass is 32.1. The summed E-state index contributed by atoms with van der Waals surface area (Å²) in [6.45, 7) is 0.361. The van der Waals surface area contributed by atoms with Gasteiger partial charge in [-0.2, -0.15) is 0 Å². The number of nitrogens with two attached hydrogens (primary N) is 1. The summed E-state index contributed by atoms with van der Waals surface area (Å²) >= 11 is 1.47. The van der Waals surface area contributed by atoms with Gasteiger partial charge in [-0.05, 0) is 24.3 Å². The number of benzene rings is 1. The summed E-state index contributed by atoms with van der Waals surface area (Å²) in [5, 5.41) is 0.741. The molecular weight excluding hydrogens is 239 g/mol. The smallest absolute Gasteiger partial charge is 0.163 e. The lowest BCUT2D eigenvalue weighted by Crippen LogP contribution is -1.92. The zero-order valence-corrected chi connectivity index (χ0v) is 9.63. The van der Waals surface area contributed by atoms with Crippen molar-refractivity contribution in [1.82, 2.24) is 4.98 Å². The van der Waals surface area contributed by atoms with Crippen LogP contribution in [0.1, 0.15) is 5.76 Å². The molecule has 0 spiro atoms. The maximum absolute atomic E-state index is 13.0. The fourth-order valence-electron chi connectivity index (χ4n) is 1.61. The molecule has 0 radical (unpaired) electrons. The standard InChI is InChI=1S/C12H9FN2OS/c13-7-1-4-11-9(5-7)15-12(17-11)10-3-2-8(6-14)16-10/h1-5H,6,14H2. The van der Waals surface area contributed by atoms with Crippen molar-refractivity contribution >= 4 is 21.6 Å². The minimum atomic E-state index is -0.281. The molecule has 2 heterocycles. The second-order valence-corrected chi connectivity index (χ2v) is 4.63. The van der Waals surface area contributed by atoms with Crippen LogP contribution in [0, 0.1) is 5.82 Å². The van der Waals surface area contributed by atoms with Crippen LogP contribution in [0.3, 0.4) is 0 Å². The molecule has 3 aromatic rings. The molecule has 5 heteroatoms. The van der Waals surface area contributed by atoms with Crippen molar-refractivity contribution in [3.8, 4) is 10.8 Å². The molecular formula is C12H9FN2OS. The van der Waals surface area contributed by atoms with Crippen LogP contribution in [0.4, 0.5) is 4.39 Å². The highest BCUT2D eigenvalue weighted by Gasteiger charge is 2.10. The predicted octanol–water partition coefficient (Wildman–Crippen LogP) is 3.15. The molecule has 0 aliphatic rings. The van der Waals surface area contributed by atoms with Crippen LogP contribution in [-0.4, -0.2) is 4.98 Å². The first kappa shape index (κ1) is 10.4. The number of rotatable bonds is 2. The minimum absolute atomic E-state index is 0.281. The zero-order chi connectivity index (χ0) is 11.8. The van der Waals surface area contributed by atoms with Gasteiger partial charge in [0.2, 0.25) is 0 Å². The van der Waals surface area contributed by atoms with Gasteiger partial charge in [-0.3, -0.25) is 0 Å². The van der Waals surface area contributed by atoms with Crippen LogP contribution >= 0.6 is 11.3 Å². The van der Waals surface area contributed by atoms with Crippen LogP contribution < -0.4 is 5.73 Å². The average Bonchev–Trinajstić information content (AvgIpc) is 2.93. The van der Waals surface area contributed by atoms with Crippen LogP contribution in [0.5, 0.6) is 0 Å². The first-order chi connectivity index (χ1) is 8.26. The third-order valence-electron chi connectivity index (χ3n) is 2.42. The number of fused-ring (bicyclic) bond motifs is 1. The number of hydrogen-bond donors (Lipinski definition) is 1. The van der Waals surface area contributed by atoms with E-state index in [-0.39, 0.29) is 5.82 Å². The Balaban J connectivity index is 2.11. The van der Waals surface area contributed by atoms with Gasteiger partial charge < -0.3 is 10.2 Å². The molecule has 0 atom stereocenters. The van der Waals surface area contributed by atoms with E-state index in [2.05, 4.69) is 4.98 Å². The number of hydrogen-bond acceptors (Lipinski definition) is 4. The zero-order valence-electron chi connectivity index (χ0n) is 8.81. The van der Waals surface area contributed by atoms with Crippen molar-refractivity contribution in [3.05, 3.63) is 41.9 Å². The van der Waals surface area contributed by atoms with Crippen molar-refractivity contribution in [1.29, 1.82) is 0 Å². The Morgan fingerprint density at radius 1 is 1.29 bits per heavy atom. The Morgan fingerprint density at radius 2 is 2.18 bits per heavy atom. The van der Waals surface area contributed by atoms with E-state index in [1.165, 1.54) is 23.5 Å². The summed E-state index contributed by atoms with van der Waals surface area (Å²) in [6, 6.07) is 8.22. The molecule has 2 N–H and O–H groups in total. The van der Waals surface area contributed by atoms with Gasteiger partial charge in [0.1, 0.15) is 11.6 Å². The van der Waals surface area contributed by atoms with E-state index in [9.17, 15) is 4.39 Å². The Labute approximate surface area is 101 Å². The van der Waals surface area contributed by atoms with Crippen molar-refractivity contribution < 1.29 is 8.81 Å². The summed E-state index contributed by atoms with van der Waals surface area (Å²) in [5.41, 5.74) is 6.12. The maximum Gasteiger partial charge on any atom is 0.163 e. The normalized spacial score (nSPS) is 11.2. The molecule has 0 fully saturated rings. The second-order valence-electron chi connectivity index (χ2n) is 3.60. The highest BCUT2D eigenvalue weighted by molar-refractivity contribution is 7.21. The minimum Gasteiger partial charge on any atom is -0.457 e. The molecule has 0 aliphatic carbocycles. The van der Waals surface area contributed by atoms with E-state index in [0.29, 0.717) is 23.6 Å². The molecule has 3 rings (SSSR count). The van der Waals surface area contributed by atoms with Crippen molar-refractivity contribution in [2.75, 3.05) is 0 Å². The van der Waals surface area contributed by atoms with Crippen LogP contribution in [0.15, 0.2) is 34.7 Å². The molecule has 3 nitrogen and oxygen atoms in total. The number of aromatic nitrogens is 1. The number of furan rings is 1. The highest BCUT2D eigenvalue weighted by Crippen LogP contribution is 2.31. The topological polar surface area (TPSA) is 52.0 Å². The summed E-state index contributed by atoms with van der Waals surface area (Å²) in [5.74, 6) is 1.11. The van der Waals surface area contributed by atoms with E-state index in [1.54, 1.807) is 6.07 Å². The Morgan fingerprint density at radius 3 is 2.94 bits per heavy atom. The van der Waals surface area contributed by atoms with Crippen LogP contribution in [-0.2, 0) is 6.54 Å². The van der Waals surface area contributed by atoms with E-state index < -0.39 is 0 Å². The van der Waals surface area contributed by atoms with E-state index >= 15 is 0 Å². The monoisotopic (exact) mass is 248 g/mol. The van der Waals surface area contributed by atoms with Crippen molar-refractivity contribution in [3.63, 3.8) is 0 Å². The van der Waals surface area contributed by atoms with Crippen molar-refractivity contribution in [2.24, 2.45) is 5.73 Å². The molecule has 0 aliphatic heterocycles. The third-order valence-corrected chi connectivity index (χ3v) is 3.47. The Kier molecular flexibility index (Phi) is 2.42. The molecule has 0 amide bonds. The predicted molar refractivity (Wildman–Crippen MR) is 65.2 cm³/mol. The summed E-state index contributed by atoms with van der Waals surface area (Å²) in [6.07, 6.45) is 0. The van der Waals surface area contributed by atoms with Gasteiger partial charge in [0.05, 0.1) is 16.8 Å². The van der Waals surface area contributed by atoms with Gasteiger partial charge >= 0.3 is 0 Å². The van der Waals surface area contributed by atoms with Crippen LogP contribution in [0.25, 0.3) is 21.0 Å². The molecule has 86 valence electrons. The summed E-state index contributed by atoms with van der Waals surface area (Å²) in [4.78, 5) is 4.34. The number of halogens is 1. The molecule has 17 heavy (non-hydrogen) atoms. The first-order valence-electron chi connectivity index (χ1n) is 5.11. The lowest BCUT2D eigenvalue weighted by molar-refractivity contribution is 0.525. The van der Waals surface area contributed by atoms with Crippen LogP contribution in [0.2, 0.25) is 0 Å². The molecule has 2 aromatic heterocycles. The van der Waals surface area contributed by atoms with E-state index in [1.807, 2.05) is 12.1 Å². The van der Waals surface area contributed by atoms with Crippen molar-refractivity contribution in [2.45, 2.75) is 6.54 Å². The Hall–Kier alpha value is -1.72. The average molecular weight is 248 g/mol. The largest absolute Gasteiger partial charge is 0.457 e. The SMILES string of the molecule is NCc1ccc(-c2nc3cc(F)ccc3s2)o1. The van der Waals surface area contributed by atoms with Gasteiger partial charge in [-0.15, -0.1) is 11.3 Å².